The Balaban J connectivity index is 1.97. The van der Waals surface area contributed by atoms with Gasteiger partial charge in [-0.2, -0.15) is 5.10 Å². The Kier molecular flexibility index (Phi) is 3.66. The second kappa shape index (κ2) is 5.42. The van der Waals surface area contributed by atoms with Crippen molar-refractivity contribution < 1.29 is 0 Å². The Morgan fingerprint density at radius 1 is 1.19 bits per heavy atom. The molecule has 0 bridgehead atoms. The van der Waals surface area contributed by atoms with Crippen molar-refractivity contribution in [2.75, 3.05) is 5.43 Å². The quantitative estimate of drug-likeness (QED) is 0.690. The molecule has 1 aromatic carbocycles. The average Bonchev–Trinajstić information content (AvgIpc) is 2.33. The molecule has 0 aliphatic carbocycles. The lowest BCUT2D eigenvalue weighted by Crippen LogP contribution is -1.90. The number of hydrogen-bond acceptors (Lipinski definition) is 3. The Morgan fingerprint density at radius 3 is 2.69 bits per heavy atom. The van der Waals surface area contributed by atoms with Gasteiger partial charge in [-0.15, -0.1) is 0 Å². The average molecular weight is 276 g/mol. The predicted octanol–water partition coefficient (Wildman–Crippen LogP) is 3.29. The molecule has 0 saturated heterocycles. The second-order valence-electron chi connectivity index (χ2n) is 3.16. The molecular weight excluding hydrogens is 266 g/mol. The zero-order valence-electron chi connectivity index (χ0n) is 8.47. The maximum absolute atomic E-state index is 4.11. The maximum atomic E-state index is 4.11. The highest BCUT2D eigenvalue weighted by Crippen LogP contribution is 2.13. The van der Waals surface area contributed by atoms with Crippen LogP contribution in [-0.2, 0) is 0 Å². The van der Waals surface area contributed by atoms with Crippen molar-refractivity contribution in [2.24, 2.45) is 5.10 Å². The van der Waals surface area contributed by atoms with Crippen molar-refractivity contribution in [3.63, 3.8) is 0 Å². The summed E-state index contributed by atoms with van der Waals surface area (Å²) in [6.07, 6.45) is 5.22. The molecule has 3 nitrogen and oxygen atoms in total. The summed E-state index contributed by atoms with van der Waals surface area (Å²) in [4.78, 5) is 4.00. The third-order valence-electron chi connectivity index (χ3n) is 1.94. The van der Waals surface area contributed by atoms with E-state index in [4.69, 9.17) is 0 Å². The predicted molar refractivity (Wildman–Crippen MR) is 69.6 cm³/mol. The number of halogens is 1. The van der Waals surface area contributed by atoms with Crippen molar-refractivity contribution in [1.82, 2.24) is 4.98 Å². The Hall–Kier alpha value is -1.68. The van der Waals surface area contributed by atoms with Crippen LogP contribution in [0, 0.1) is 0 Å². The van der Waals surface area contributed by atoms with Gasteiger partial charge in [0.15, 0.2) is 0 Å². The number of rotatable bonds is 3. The van der Waals surface area contributed by atoms with Crippen LogP contribution in [-0.4, -0.2) is 11.2 Å². The number of hydrogen-bond donors (Lipinski definition) is 1. The summed E-state index contributed by atoms with van der Waals surface area (Å²) in [5.41, 5.74) is 4.85. The summed E-state index contributed by atoms with van der Waals surface area (Å²) in [5.74, 6) is 0. The first-order valence-electron chi connectivity index (χ1n) is 4.79. The van der Waals surface area contributed by atoms with Gasteiger partial charge in [0.2, 0.25) is 0 Å². The zero-order valence-corrected chi connectivity index (χ0v) is 10.1. The van der Waals surface area contributed by atoms with E-state index in [1.165, 1.54) is 0 Å². The fourth-order valence-electron chi connectivity index (χ4n) is 1.16. The van der Waals surface area contributed by atoms with Gasteiger partial charge in [0.05, 0.1) is 11.9 Å². The molecule has 1 aromatic heterocycles. The van der Waals surface area contributed by atoms with Crippen LogP contribution in [0.2, 0.25) is 0 Å². The van der Waals surface area contributed by atoms with Crippen LogP contribution in [0.15, 0.2) is 58.4 Å². The van der Waals surface area contributed by atoms with E-state index in [-0.39, 0.29) is 0 Å². The number of nitrogens with zero attached hydrogens (tertiary/aromatic N) is 2. The molecule has 0 spiro atoms. The topological polar surface area (TPSA) is 37.3 Å². The maximum Gasteiger partial charge on any atom is 0.0562 e. The van der Waals surface area contributed by atoms with Crippen molar-refractivity contribution in [1.29, 1.82) is 0 Å². The summed E-state index contributed by atoms with van der Waals surface area (Å²) in [7, 11) is 0. The van der Waals surface area contributed by atoms with E-state index in [9.17, 15) is 0 Å². The van der Waals surface area contributed by atoms with Crippen LogP contribution in [0.5, 0.6) is 0 Å². The van der Waals surface area contributed by atoms with E-state index in [1.807, 2.05) is 36.4 Å². The van der Waals surface area contributed by atoms with Crippen LogP contribution in [0.3, 0.4) is 0 Å². The van der Waals surface area contributed by atoms with Crippen LogP contribution >= 0.6 is 15.9 Å². The van der Waals surface area contributed by atoms with E-state index in [0.717, 1.165) is 15.7 Å². The summed E-state index contributed by atoms with van der Waals surface area (Å²) in [6.45, 7) is 0. The molecule has 0 atom stereocenters. The van der Waals surface area contributed by atoms with Crippen molar-refractivity contribution >= 4 is 27.8 Å². The summed E-state index contributed by atoms with van der Waals surface area (Å²) in [5, 5.41) is 4.11. The molecule has 0 aliphatic heterocycles. The number of nitrogens with one attached hydrogen (secondary N) is 1. The van der Waals surface area contributed by atoms with Gasteiger partial charge in [-0.05, 0) is 30.3 Å². The molecule has 2 aromatic rings. The minimum Gasteiger partial charge on any atom is -0.279 e. The first-order valence-corrected chi connectivity index (χ1v) is 5.58. The Labute approximate surface area is 102 Å². The SMILES string of the molecule is Brc1ccc(N/N=C\c2cccnc2)cc1. The minimum atomic E-state index is 0.948. The van der Waals surface area contributed by atoms with Gasteiger partial charge < -0.3 is 0 Å². The lowest BCUT2D eigenvalue weighted by molar-refractivity contribution is 1.30. The lowest BCUT2D eigenvalue weighted by atomic mass is 10.3. The molecule has 0 unspecified atom stereocenters. The molecule has 0 radical (unpaired) electrons. The molecule has 0 amide bonds. The van der Waals surface area contributed by atoms with Crippen LogP contribution in [0.25, 0.3) is 0 Å². The Bertz CT molecular complexity index is 465. The molecule has 0 fully saturated rings. The highest BCUT2D eigenvalue weighted by molar-refractivity contribution is 9.10. The van der Waals surface area contributed by atoms with E-state index in [2.05, 4.69) is 31.4 Å². The van der Waals surface area contributed by atoms with Gasteiger partial charge in [-0.25, -0.2) is 0 Å². The second-order valence-corrected chi connectivity index (χ2v) is 4.08. The first kappa shape index (κ1) is 10.8. The number of hydrazone groups is 1. The van der Waals surface area contributed by atoms with E-state index < -0.39 is 0 Å². The third-order valence-corrected chi connectivity index (χ3v) is 2.46. The standard InChI is InChI=1S/C12H10BrN3/c13-11-3-5-12(6-4-11)16-15-9-10-2-1-7-14-8-10/h1-9,16H/b15-9-. The fourth-order valence-corrected chi connectivity index (χ4v) is 1.42. The fraction of sp³-hybridized carbons (Fsp3) is 0. The van der Waals surface area contributed by atoms with E-state index >= 15 is 0 Å². The van der Waals surface area contributed by atoms with Gasteiger partial charge in [-0.3, -0.25) is 10.4 Å². The molecule has 4 heteroatoms. The molecule has 80 valence electrons. The highest BCUT2D eigenvalue weighted by Gasteiger charge is 1.89. The molecule has 16 heavy (non-hydrogen) atoms. The van der Waals surface area contributed by atoms with E-state index in [1.54, 1.807) is 18.6 Å². The summed E-state index contributed by atoms with van der Waals surface area (Å²) < 4.78 is 1.05. The third kappa shape index (κ3) is 3.17. The zero-order chi connectivity index (χ0) is 11.2. The monoisotopic (exact) mass is 275 g/mol. The normalized spacial score (nSPS) is 10.6. The highest BCUT2D eigenvalue weighted by atomic mass is 79.9. The van der Waals surface area contributed by atoms with Gasteiger partial charge >= 0.3 is 0 Å². The van der Waals surface area contributed by atoms with Crippen molar-refractivity contribution in [3.8, 4) is 0 Å². The van der Waals surface area contributed by atoms with E-state index in [0.29, 0.717) is 0 Å². The summed E-state index contributed by atoms with van der Waals surface area (Å²) >= 11 is 3.38. The van der Waals surface area contributed by atoms with Crippen molar-refractivity contribution in [2.45, 2.75) is 0 Å². The van der Waals surface area contributed by atoms with Crippen LogP contribution in [0.4, 0.5) is 5.69 Å². The number of benzene rings is 1. The molecular formula is C12H10BrN3. The minimum absolute atomic E-state index is 0.948. The van der Waals surface area contributed by atoms with Gasteiger partial charge in [0.25, 0.3) is 0 Å². The molecule has 0 saturated carbocycles. The van der Waals surface area contributed by atoms with Gasteiger partial charge in [-0.1, -0.05) is 22.0 Å². The first-order chi connectivity index (χ1) is 7.84. The summed E-state index contributed by atoms with van der Waals surface area (Å²) in [6, 6.07) is 11.6. The molecule has 1 N–H and O–H groups in total. The largest absolute Gasteiger partial charge is 0.279 e. The Morgan fingerprint density at radius 2 is 2.00 bits per heavy atom. The molecule has 1 heterocycles. The van der Waals surface area contributed by atoms with Crippen molar-refractivity contribution in [3.05, 3.63) is 58.8 Å². The van der Waals surface area contributed by atoms with Crippen LogP contribution in [0.1, 0.15) is 5.56 Å². The number of pyridine rings is 1. The molecule has 0 aliphatic rings. The van der Waals surface area contributed by atoms with Gasteiger partial charge in [0, 0.05) is 22.4 Å². The lowest BCUT2D eigenvalue weighted by Gasteiger charge is -1.99. The van der Waals surface area contributed by atoms with Gasteiger partial charge in [0.1, 0.15) is 0 Å². The number of aromatic nitrogens is 1. The smallest absolute Gasteiger partial charge is 0.0562 e. The molecule has 2 rings (SSSR count). The van der Waals surface area contributed by atoms with Crippen LogP contribution < -0.4 is 5.43 Å². The number of anilines is 1.